The molecule has 3 heteroatoms. The Kier molecular flexibility index (Phi) is 6.18. The first-order chi connectivity index (χ1) is 24.3. The minimum Gasteiger partial charge on any atom is -0.456 e. The molecule has 3 nitrogen and oxygen atoms in total. The fourth-order valence-electron chi connectivity index (χ4n) is 7.46. The Bertz CT molecular complexity index is 2710. The summed E-state index contributed by atoms with van der Waals surface area (Å²) < 4.78 is 13.0. The van der Waals surface area contributed by atoms with Gasteiger partial charge in [-0.25, -0.2) is 0 Å². The maximum absolute atomic E-state index is 6.62. The van der Waals surface area contributed by atoms with E-state index < -0.39 is 0 Å². The maximum Gasteiger partial charge on any atom is 0.137 e. The third-order valence-electron chi connectivity index (χ3n) is 9.65. The molecule has 0 aliphatic carbocycles. The van der Waals surface area contributed by atoms with Gasteiger partial charge in [0, 0.05) is 27.9 Å². The summed E-state index contributed by atoms with van der Waals surface area (Å²) in [4.78, 5) is 2.36. The van der Waals surface area contributed by atoms with Gasteiger partial charge in [0.15, 0.2) is 0 Å². The SMILES string of the molecule is c1ccc(-c2cccc(N(c3ccc4c5c(ccc4c3)Oc3ccccc3-c3ccccc3-5)c3cccc4oc5ccccc5c34)c2)cc1. The van der Waals surface area contributed by atoms with Gasteiger partial charge in [0.25, 0.3) is 0 Å². The molecule has 0 unspecified atom stereocenters. The summed E-state index contributed by atoms with van der Waals surface area (Å²) in [5.74, 6) is 1.73. The molecule has 1 aliphatic heterocycles. The lowest BCUT2D eigenvalue weighted by Gasteiger charge is -2.27. The predicted octanol–water partition coefficient (Wildman–Crippen LogP) is 13.3. The van der Waals surface area contributed by atoms with Crippen molar-refractivity contribution in [3.63, 3.8) is 0 Å². The molecule has 1 aromatic heterocycles. The highest BCUT2D eigenvalue weighted by molar-refractivity contribution is 6.14. The number of ether oxygens (including phenoxy) is 1. The molecule has 8 aromatic carbocycles. The summed E-state index contributed by atoms with van der Waals surface area (Å²) in [6.45, 7) is 0. The number of nitrogens with zero attached hydrogens (tertiary/aromatic N) is 1. The summed E-state index contributed by atoms with van der Waals surface area (Å²) in [5.41, 5.74) is 11.8. The standard InChI is InChI=1S/C46H29NO2/c1-2-12-30(13-3-1)31-14-10-15-33(28-31)47(40-20-11-23-43-46(40)39-19-7-9-22-42(39)49-43)34-25-26-35-32(29-34)24-27-44-45(35)38-18-5-4-16-36(38)37-17-6-8-21-41(37)48-44/h1-29H. The van der Waals surface area contributed by atoms with Crippen LogP contribution >= 0.6 is 0 Å². The molecule has 10 rings (SSSR count). The number of benzene rings is 8. The van der Waals surface area contributed by atoms with Crippen molar-refractivity contribution in [3.8, 4) is 44.9 Å². The maximum atomic E-state index is 6.62. The zero-order valence-corrected chi connectivity index (χ0v) is 26.5. The van der Waals surface area contributed by atoms with Gasteiger partial charge in [-0.05, 0) is 87.6 Å². The van der Waals surface area contributed by atoms with Crippen molar-refractivity contribution in [1.29, 1.82) is 0 Å². The van der Waals surface area contributed by atoms with Crippen LogP contribution in [-0.2, 0) is 0 Å². The summed E-state index contributed by atoms with van der Waals surface area (Å²) in [6.07, 6.45) is 0. The van der Waals surface area contributed by atoms with Crippen molar-refractivity contribution in [3.05, 3.63) is 176 Å². The topological polar surface area (TPSA) is 25.6 Å². The summed E-state index contributed by atoms with van der Waals surface area (Å²) in [6, 6.07) is 62.0. The molecule has 0 bridgehead atoms. The lowest BCUT2D eigenvalue weighted by molar-refractivity contribution is 0.488. The van der Waals surface area contributed by atoms with Crippen molar-refractivity contribution in [2.75, 3.05) is 4.90 Å². The fraction of sp³-hybridized carbons (Fsp3) is 0. The Balaban J connectivity index is 1.21. The molecule has 1 aliphatic rings. The molecule has 0 radical (unpaired) electrons. The zero-order valence-electron chi connectivity index (χ0n) is 26.5. The molecular formula is C46H29NO2. The number of hydrogen-bond acceptors (Lipinski definition) is 3. The van der Waals surface area contributed by atoms with E-state index >= 15 is 0 Å². The molecule has 0 saturated carbocycles. The molecule has 0 spiro atoms. The van der Waals surface area contributed by atoms with Gasteiger partial charge in [-0.3, -0.25) is 0 Å². The number of fused-ring (bicyclic) bond motifs is 10. The second-order valence-electron chi connectivity index (χ2n) is 12.5. The van der Waals surface area contributed by atoms with E-state index in [9.17, 15) is 0 Å². The first-order valence-corrected chi connectivity index (χ1v) is 16.6. The highest BCUT2D eigenvalue weighted by atomic mass is 16.5. The van der Waals surface area contributed by atoms with Crippen LogP contribution in [0.25, 0.3) is 66.1 Å². The van der Waals surface area contributed by atoms with Crippen LogP contribution < -0.4 is 9.64 Å². The second kappa shape index (κ2) is 11.0. The number of para-hydroxylation sites is 2. The van der Waals surface area contributed by atoms with Crippen LogP contribution in [0.2, 0.25) is 0 Å². The van der Waals surface area contributed by atoms with Crippen LogP contribution in [-0.4, -0.2) is 0 Å². The third kappa shape index (κ3) is 4.44. The molecule has 0 saturated heterocycles. The molecule has 0 amide bonds. The number of anilines is 3. The third-order valence-corrected chi connectivity index (χ3v) is 9.65. The Morgan fingerprint density at radius 3 is 2.04 bits per heavy atom. The first-order valence-electron chi connectivity index (χ1n) is 16.6. The Labute approximate surface area is 283 Å². The average molecular weight is 628 g/mol. The van der Waals surface area contributed by atoms with Crippen LogP contribution in [0.3, 0.4) is 0 Å². The van der Waals surface area contributed by atoms with Crippen molar-refractivity contribution in [1.82, 2.24) is 0 Å². The molecule has 0 fully saturated rings. The molecule has 230 valence electrons. The van der Waals surface area contributed by atoms with Gasteiger partial charge in [-0.15, -0.1) is 0 Å². The molecule has 2 heterocycles. The number of furan rings is 1. The molecule has 0 N–H and O–H groups in total. The van der Waals surface area contributed by atoms with Crippen molar-refractivity contribution < 1.29 is 9.15 Å². The molecule has 49 heavy (non-hydrogen) atoms. The quantitative estimate of drug-likeness (QED) is 0.194. The Hall–Kier alpha value is -6.58. The molecular weight excluding hydrogens is 599 g/mol. The van der Waals surface area contributed by atoms with E-state index in [-0.39, 0.29) is 0 Å². The van der Waals surface area contributed by atoms with Gasteiger partial charge in [0.1, 0.15) is 22.7 Å². The predicted molar refractivity (Wildman–Crippen MR) is 202 cm³/mol. The minimum absolute atomic E-state index is 0.861. The first kappa shape index (κ1) is 27.5. The smallest absolute Gasteiger partial charge is 0.137 e. The van der Waals surface area contributed by atoms with Crippen molar-refractivity contribution in [2.45, 2.75) is 0 Å². The second-order valence-corrected chi connectivity index (χ2v) is 12.5. The van der Waals surface area contributed by atoms with Crippen LogP contribution in [0.4, 0.5) is 17.1 Å². The van der Waals surface area contributed by atoms with Gasteiger partial charge in [0.2, 0.25) is 0 Å². The van der Waals surface area contributed by atoms with Crippen LogP contribution in [0.5, 0.6) is 11.5 Å². The van der Waals surface area contributed by atoms with Gasteiger partial charge in [-0.2, -0.15) is 0 Å². The van der Waals surface area contributed by atoms with E-state index in [1.807, 2.05) is 18.2 Å². The highest BCUT2D eigenvalue weighted by Crippen LogP contribution is 2.50. The van der Waals surface area contributed by atoms with Gasteiger partial charge in [0.05, 0.1) is 11.1 Å². The van der Waals surface area contributed by atoms with Gasteiger partial charge in [-0.1, -0.05) is 121 Å². The Morgan fingerprint density at radius 2 is 1.12 bits per heavy atom. The normalized spacial score (nSPS) is 11.8. The van der Waals surface area contributed by atoms with Crippen LogP contribution in [0.15, 0.2) is 180 Å². The molecule has 9 aromatic rings. The largest absolute Gasteiger partial charge is 0.456 e. The van der Waals surface area contributed by atoms with E-state index in [4.69, 9.17) is 9.15 Å². The van der Waals surface area contributed by atoms with Crippen molar-refractivity contribution >= 4 is 49.8 Å². The van der Waals surface area contributed by atoms with E-state index in [0.29, 0.717) is 0 Å². The van der Waals surface area contributed by atoms with E-state index in [1.54, 1.807) is 0 Å². The minimum atomic E-state index is 0.861. The zero-order chi connectivity index (χ0) is 32.3. The monoisotopic (exact) mass is 627 g/mol. The lowest BCUT2D eigenvalue weighted by Crippen LogP contribution is -2.10. The van der Waals surface area contributed by atoms with Crippen LogP contribution in [0.1, 0.15) is 0 Å². The number of rotatable bonds is 4. The fourth-order valence-corrected chi connectivity index (χ4v) is 7.46. The van der Waals surface area contributed by atoms with E-state index in [1.165, 1.54) is 16.7 Å². The Morgan fingerprint density at radius 1 is 0.408 bits per heavy atom. The van der Waals surface area contributed by atoms with Crippen LogP contribution in [0, 0.1) is 0 Å². The summed E-state index contributed by atoms with van der Waals surface area (Å²) in [5, 5.41) is 4.46. The lowest BCUT2D eigenvalue weighted by atomic mass is 9.91. The number of hydrogen-bond donors (Lipinski definition) is 0. The van der Waals surface area contributed by atoms with E-state index in [0.717, 1.165) is 78.0 Å². The van der Waals surface area contributed by atoms with E-state index in [2.05, 4.69) is 163 Å². The van der Waals surface area contributed by atoms with Gasteiger partial charge >= 0.3 is 0 Å². The summed E-state index contributed by atoms with van der Waals surface area (Å²) >= 11 is 0. The highest BCUT2D eigenvalue weighted by Gasteiger charge is 2.24. The van der Waals surface area contributed by atoms with Gasteiger partial charge < -0.3 is 14.1 Å². The molecule has 0 atom stereocenters. The average Bonchev–Trinajstić information content (AvgIpc) is 3.48. The van der Waals surface area contributed by atoms with Crippen molar-refractivity contribution in [2.24, 2.45) is 0 Å². The summed E-state index contributed by atoms with van der Waals surface area (Å²) in [7, 11) is 0.